The first kappa shape index (κ1) is 16.6. The van der Waals surface area contributed by atoms with Crippen LogP contribution in [0.25, 0.3) is 0 Å². The number of aryl methyl sites for hydroxylation is 3. The molecule has 1 aliphatic rings. The van der Waals surface area contributed by atoms with Crippen molar-refractivity contribution in [2.24, 2.45) is 7.05 Å². The van der Waals surface area contributed by atoms with Gasteiger partial charge in [0, 0.05) is 31.0 Å². The summed E-state index contributed by atoms with van der Waals surface area (Å²) in [7, 11) is 1.87. The molecule has 0 aromatic carbocycles. The average molecular weight is 332 g/mol. The van der Waals surface area contributed by atoms with Crippen LogP contribution in [0, 0.1) is 13.8 Å². The minimum atomic E-state index is -0.204. The third-order valence-electron chi connectivity index (χ3n) is 4.36. The van der Waals surface area contributed by atoms with Gasteiger partial charge in [0.1, 0.15) is 17.6 Å². The minimum Gasteiger partial charge on any atom is -0.466 e. The Bertz CT molecular complexity index is 721. The lowest BCUT2D eigenvalue weighted by molar-refractivity contribution is 0.0998. The van der Waals surface area contributed by atoms with E-state index in [1.807, 2.05) is 40.1 Å². The molecule has 0 bridgehead atoms. The normalized spacial score (nSPS) is 21.7. The summed E-state index contributed by atoms with van der Waals surface area (Å²) in [5.74, 6) is 1.68. The molecule has 0 aliphatic carbocycles. The molecule has 7 nitrogen and oxygen atoms in total. The summed E-state index contributed by atoms with van der Waals surface area (Å²) in [6.45, 7) is 6.38. The molecule has 1 saturated heterocycles. The number of nitrogens with zero attached hydrogens (tertiary/aromatic N) is 2. The molecule has 24 heavy (non-hydrogen) atoms. The van der Waals surface area contributed by atoms with Gasteiger partial charge in [-0.25, -0.2) is 4.79 Å². The lowest BCUT2D eigenvalue weighted by Gasteiger charge is -2.21. The highest BCUT2D eigenvalue weighted by atomic mass is 16.5. The molecule has 2 aromatic rings. The summed E-state index contributed by atoms with van der Waals surface area (Å²) < 4.78 is 13.0. The minimum absolute atomic E-state index is 0.0615. The van der Waals surface area contributed by atoms with Gasteiger partial charge in [0.15, 0.2) is 0 Å². The highest BCUT2D eigenvalue weighted by molar-refractivity contribution is 5.75. The summed E-state index contributed by atoms with van der Waals surface area (Å²) in [5.41, 5.74) is 1.98. The van der Waals surface area contributed by atoms with Gasteiger partial charge < -0.3 is 19.8 Å². The number of urea groups is 1. The van der Waals surface area contributed by atoms with Crippen molar-refractivity contribution in [3.8, 4) is 0 Å². The van der Waals surface area contributed by atoms with Crippen LogP contribution in [-0.4, -0.2) is 28.5 Å². The van der Waals surface area contributed by atoms with E-state index >= 15 is 0 Å². The Hall–Kier alpha value is -2.28. The number of nitrogens with one attached hydrogen (secondary N) is 2. The van der Waals surface area contributed by atoms with Gasteiger partial charge in [0.25, 0.3) is 0 Å². The number of furan rings is 1. The summed E-state index contributed by atoms with van der Waals surface area (Å²) in [6.07, 6.45) is 4.33. The predicted octanol–water partition coefficient (Wildman–Crippen LogP) is 2.52. The van der Waals surface area contributed by atoms with Crippen molar-refractivity contribution in [2.75, 3.05) is 6.61 Å². The molecule has 0 unspecified atom stereocenters. The number of ether oxygens (including phenoxy) is 1. The van der Waals surface area contributed by atoms with Crippen molar-refractivity contribution >= 4 is 6.03 Å². The Balaban J connectivity index is 1.60. The molecule has 1 fully saturated rings. The van der Waals surface area contributed by atoms with Gasteiger partial charge in [-0.2, -0.15) is 5.10 Å². The van der Waals surface area contributed by atoms with Crippen LogP contribution in [0.2, 0.25) is 0 Å². The molecular weight excluding hydrogens is 308 g/mol. The topological polar surface area (TPSA) is 81.3 Å². The summed E-state index contributed by atoms with van der Waals surface area (Å²) in [4.78, 5) is 12.4. The number of hydrogen-bond acceptors (Lipinski definition) is 4. The maximum Gasteiger partial charge on any atom is 0.315 e. The van der Waals surface area contributed by atoms with Gasteiger partial charge >= 0.3 is 6.03 Å². The maximum atomic E-state index is 12.4. The van der Waals surface area contributed by atoms with Crippen LogP contribution < -0.4 is 10.6 Å². The van der Waals surface area contributed by atoms with Crippen molar-refractivity contribution in [3.05, 3.63) is 41.1 Å². The van der Waals surface area contributed by atoms with E-state index in [2.05, 4.69) is 15.7 Å². The van der Waals surface area contributed by atoms with Gasteiger partial charge in [-0.1, -0.05) is 0 Å². The molecule has 2 amide bonds. The van der Waals surface area contributed by atoms with Crippen LogP contribution in [0.5, 0.6) is 0 Å². The molecule has 0 spiro atoms. The monoisotopic (exact) mass is 332 g/mol. The zero-order valence-electron chi connectivity index (χ0n) is 14.5. The van der Waals surface area contributed by atoms with Crippen LogP contribution in [0.3, 0.4) is 0 Å². The van der Waals surface area contributed by atoms with E-state index in [1.165, 1.54) is 0 Å². The van der Waals surface area contributed by atoms with E-state index in [1.54, 1.807) is 10.9 Å². The number of aromatic nitrogens is 2. The third kappa shape index (κ3) is 3.46. The van der Waals surface area contributed by atoms with Crippen molar-refractivity contribution < 1.29 is 13.9 Å². The molecule has 2 aromatic heterocycles. The number of rotatable bonds is 4. The summed E-state index contributed by atoms with van der Waals surface area (Å²) in [6, 6.07) is 1.57. The molecule has 3 heterocycles. The van der Waals surface area contributed by atoms with E-state index in [0.717, 1.165) is 29.1 Å². The van der Waals surface area contributed by atoms with Gasteiger partial charge in [-0.3, -0.25) is 4.68 Å². The first-order valence-electron chi connectivity index (χ1n) is 8.18. The molecule has 0 saturated carbocycles. The zero-order chi connectivity index (χ0) is 17.3. The summed E-state index contributed by atoms with van der Waals surface area (Å²) >= 11 is 0. The second kappa shape index (κ2) is 6.68. The molecule has 0 radical (unpaired) electrons. The van der Waals surface area contributed by atoms with Crippen molar-refractivity contribution in [1.82, 2.24) is 20.4 Å². The van der Waals surface area contributed by atoms with Gasteiger partial charge in [0.2, 0.25) is 0 Å². The second-order valence-corrected chi connectivity index (χ2v) is 6.34. The molecule has 7 heteroatoms. The fraction of sp³-hybridized carbons (Fsp3) is 0.529. The number of hydrogen-bond donors (Lipinski definition) is 2. The molecule has 2 N–H and O–H groups in total. The molecule has 3 rings (SSSR count). The highest BCUT2D eigenvalue weighted by Gasteiger charge is 2.32. The largest absolute Gasteiger partial charge is 0.466 e. The lowest BCUT2D eigenvalue weighted by atomic mass is 10.1. The SMILES string of the molecule is Cc1cc([C@@H](C)NC(=O)N[C@H]2CCO[C@@H]2c2cnn(C)c2)c(C)o1. The number of amides is 2. The molecule has 130 valence electrons. The maximum absolute atomic E-state index is 12.4. The van der Waals surface area contributed by atoms with E-state index in [-0.39, 0.29) is 24.2 Å². The van der Waals surface area contributed by atoms with Gasteiger partial charge in [-0.15, -0.1) is 0 Å². The van der Waals surface area contributed by atoms with Crippen LogP contribution in [0.15, 0.2) is 22.9 Å². The lowest BCUT2D eigenvalue weighted by Crippen LogP contribution is -2.44. The van der Waals surface area contributed by atoms with E-state index < -0.39 is 0 Å². The predicted molar refractivity (Wildman–Crippen MR) is 88.6 cm³/mol. The standard InChI is InChI=1S/C17H24N4O3/c1-10-7-14(12(3)24-10)11(2)19-17(22)20-15-5-6-23-16(15)13-8-18-21(4)9-13/h7-9,11,15-16H,5-6H2,1-4H3,(H2,19,20,22)/t11-,15+,16-/m1/s1. The fourth-order valence-corrected chi connectivity index (χ4v) is 3.22. The van der Waals surface area contributed by atoms with E-state index in [4.69, 9.17) is 9.15 Å². The Morgan fingerprint density at radius 2 is 2.25 bits per heavy atom. The van der Waals surface area contributed by atoms with Crippen molar-refractivity contribution in [3.63, 3.8) is 0 Å². The molecule has 1 aliphatic heterocycles. The van der Waals surface area contributed by atoms with Crippen LogP contribution in [-0.2, 0) is 11.8 Å². The van der Waals surface area contributed by atoms with E-state index in [0.29, 0.717) is 6.61 Å². The Morgan fingerprint density at radius 3 is 2.88 bits per heavy atom. The van der Waals surface area contributed by atoms with Crippen LogP contribution >= 0.6 is 0 Å². The first-order valence-corrected chi connectivity index (χ1v) is 8.18. The van der Waals surface area contributed by atoms with Gasteiger partial charge in [0.05, 0.1) is 18.3 Å². The molecule has 3 atom stereocenters. The quantitative estimate of drug-likeness (QED) is 0.901. The van der Waals surface area contributed by atoms with Crippen LogP contribution in [0.1, 0.15) is 48.1 Å². The molecular formula is C17H24N4O3. The average Bonchev–Trinajstić information content (AvgIpc) is 3.19. The number of carbonyl (C=O) groups excluding carboxylic acids is 1. The van der Waals surface area contributed by atoms with Gasteiger partial charge in [-0.05, 0) is 33.3 Å². The third-order valence-corrected chi connectivity index (χ3v) is 4.36. The zero-order valence-corrected chi connectivity index (χ0v) is 14.5. The second-order valence-electron chi connectivity index (χ2n) is 6.34. The summed E-state index contributed by atoms with van der Waals surface area (Å²) in [5, 5.41) is 10.2. The smallest absolute Gasteiger partial charge is 0.315 e. The first-order chi connectivity index (χ1) is 11.4. The van der Waals surface area contributed by atoms with Crippen LogP contribution in [0.4, 0.5) is 4.79 Å². The van der Waals surface area contributed by atoms with E-state index in [9.17, 15) is 4.79 Å². The van der Waals surface area contributed by atoms with Crippen molar-refractivity contribution in [2.45, 2.75) is 45.4 Å². The van der Waals surface area contributed by atoms with Crippen molar-refractivity contribution in [1.29, 1.82) is 0 Å². The Labute approximate surface area is 141 Å². The Kier molecular flexibility index (Phi) is 4.62. The number of carbonyl (C=O) groups is 1. The Morgan fingerprint density at radius 1 is 1.46 bits per heavy atom. The highest BCUT2D eigenvalue weighted by Crippen LogP contribution is 2.29. The fourth-order valence-electron chi connectivity index (χ4n) is 3.22.